The Morgan fingerprint density at radius 2 is 2.05 bits per heavy atom. The van der Waals surface area contributed by atoms with E-state index < -0.39 is 0 Å². The Morgan fingerprint density at radius 1 is 1.23 bits per heavy atom. The lowest BCUT2D eigenvalue weighted by Crippen LogP contribution is -2.36. The van der Waals surface area contributed by atoms with Crippen LogP contribution in [0.5, 0.6) is 0 Å². The molecule has 1 N–H and O–H groups in total. The average molecular weight is 295 g/mol. The first-order valence-electron chi connectivity index (χ1n) is 7.20. The Morgan fingerprint density at radius 3 is 2.82 bits per heavy atom. The molecule has 0 unspecified atom stereocenters. The van der Waals surface area contributed by atoms with Gasteiger partial charge in [0.2, 0.25) is 0 Å². The minimum Gasteiger partial charge on any atom is -0.378 e. The van der Waals surface area contributed by atoms with Crippen LogP contribution in [0.4, 0.5) is 17.3 Å². The smallest absolute Gasteiger partial charge is 0.136 e. The van der Waals surface area contributed by atoms with Gasteiger partial charge in [-0.25, -0.2) is 9.97 Å². The molecule has 112 valence electrons. The molecule has 2 aromatic rings. The Balaban J connectivity index is 1.84. The summed E-state index contributed by atoms with van der Waals surface area (Å²) in [4.78, 5) is 11.1. The van der Waals surface area contributed by atoms with Crippen LogP contribution in [0.15, 0.2) is 30.3 Å². The zero-order valence-electron chi connectivity index (χ0n) is 12.4. The molecule has 6 heteroatoms. The number of aromatic nitrogens is 2. The van der Waals surface area contributed by atoms with Crippen LogP contribution in [-0.4, -0.2) is 36.3 Å². The van der Waals surface area contributed by atoms with Crippen molar-refractivity contribution in [2.45, 2.75) is 6.92 Å². The standard InChI is InChI=1S/C16H17N5O/c1-12-18-15(20-14-4-2-3-13(9-14)11-17)10-16(19-12)21-5-7-22-8-6-21/h2-4,9-10H,5-8H2,1H3,(H,18,19,20). The molecule has 0 atom stereocenters. The van der Waals surface area contributed by atoms with Crippen molar-refractivity contribution in [1.29, 1.82) is 5.26 Å². The number of morpholine rings is 1. The van der Waals surface area contributed by atoms with Gasteiger partial charge in [0.25, 0.3) is 0 Å². The molecule has 0 saturated carbocycles. The number of anilines is 3. The maximum Gasteiger partial charge on any atom is 0.136 e. The molecule has 6 nitrogen and oxygen atoms in total. The zero-order chi connectivity index (χ0) is 15.4. The molecule has 1 aliphatic heterocycles. The van der Waals surface area contributed by atoms with Crippen LogP contribution >= 0.6 is 0 Å². The second-order valence-corrected chi connectivity index (χ2v) is 5.08. The summed E-state index contributed by atoms with van der Waals surface area (Å²) < 4.78 is 5.37. The minimum absolute atomic E-state index is 0.615. The molecular formula is C16H17N5O. The molecule has 0 aliphatic carbocycles. The highest BCUT2D eigenvalue weighted by Gasteiger charge is 2.14. The van der Waals surface area contributed by atoms with Crippen molar-refractivity contribution >= 4 is 17.3 Å². The Labute approximate surface area is 129 Å². The number of nitrogens with one attached hydrogen (secondary N) is 1. The summed E-state index contributed by atoms with van der Waals surface area (Å²) in [6.07, 6.45) is 0. The van der Waals surface area contributed by atoms with E-state index >= 15 is 0 Å². The molecule has 1 aromatic carbocycles. The second-order valence-electron chi connectivity index (χ2n) is 5.08. The molecule has 1 aromatic heterocycles. The molecule has 0 spiro atoms. The number of rotatable bonds is 3. The van der Waals surface area contributed by atoms with Gasteiger partial charge in [-0.15, -0.1) is 0 Å². The summed E-state index contributed by atoms with van der Waals surface area (Å²) in [7, 11) is 0. The van der Waals surface area contributed by atoms with Gasteiger partial charge in [0, 0.05) is 24.8 Å². The third-order valence-electron chi connectivity index (χ3n) is 3.42. The molecule has 0 radical (unpaired) electrons. The SMILES string of the molecule is Cc1nc(Nc2cccc(C#N)c2)cc(N2CCOCC2)n1. The largest absolute Gasteiger partial charge is 0.378 e. The third-order valence-corrected chi connectivity index (χ3v) is 3.42. The Bertz CT molecular complexity index is 704. The molecule has 2 heterocycles. The second kappa shape index (κ2) is 6.41. The van der Waals surface area contributed by atoms with Crippen molar-refractivity contribution in [2.75, 3.05) is 36.5 Å². The third kappa shape index (κ3) is 3.32. The number of hydrogen-bond acceptors (Lipinski definition) is 6. The van der Waals surface area contributed by atoms with Crippen molar-refractivity contribution in [3.63, 3.8) is 0 Å². The van der Waals surface area contributed by atoms with Gasteiger partial charge < -0.3 is 15.0 Å². The lowest BCUT2D eigenvalue weighted by Gasteiger charge is -2.28. The van der Waals surface area contributed by atoms with E-state index in [0.29, 0.717) is 11.4 Å². The molecule has 1 aliphatic rings. The molecule has 22 heavy (non-hydrogen) atoms. The van der Waals surface area contributed by atoms with E-state index in [1.54, 1.807) is 12.1 Å². The Hall–Kier alpha value is -2.65. The van der Waals surface area contributed by atoms with Gasteiger partial charge in [-0.2, -0.15) is 5.26 Å². The van der Waals surface area contributed by atoms with Crippen molar-refractivity contribution in [3.8, 4) is 6.07 Å². The number of nitrogens with zero attached hydrogens (tertiary/aromatic N) is 4. The highest BCUT2D eigenvalue weighted by Crippen LogP contribution is 2.21. The van der Waals surface area contributed by atoms with Gasteiger partial charge in [0.1, 0.15) is 17.5 Å². The minimum atomic E-state index is 0.615. The Kier molecular flexibility index (Phi) is 4.17. The topological polar surface area (TPSA) is 74.1 Å². The fraction of sp³-hybridized carbons (Fsp3) is 0.312. The van der Waals surface area contributed by atoms with Crippen molar-refractivity contribution < 1.29 is 4.74 Å². The predicted molar refractivity (Wildman–Crippen MR) is 84.2 cm³/mol. The van der Waals surface area contributed by atoms with E-state index in [2.05, 4.69) is 26.3 Å². The monoisotopic (exact) mass is 295 g/mol. The molecular weight excluding hydrogens is 278 g/mol. The number of ether oxygens (including phenoxy) is 1. The number of aryl methyl sites for hydroxylation is 1. The highest BCUT2D eigenvalue weighted by molar-refractivity contribution is 5.61. The first-order chi connectivity index (χ1) is 10.7. The van der Waals surface area contributed by atoms with Crippen LogP contribution in [0.25, 0.3) is 0 Å². The van der Waals surface area contributed by atoms with Gasteiger partial charge in [-0.3, -0.25) is 0 Å². The summed E-state index contributed by atoms with van der Waals surface area (Å²) in [5.41, 5.74) is 1.45. The van der Waals surface area contributed by atoms with Crippen LogP contribution in [0, 0.1) is 18.3 Å². The molecule has 3 rings (SSSR count). The van der Waals surface area contributed by atoms with Gasteiger partial charge in [0.05, 0.1) is 24.8 Å². The summed E-state index contributed by atoms with van der Waals surface area (Å²) >= 11 is 0. The van der Waals surface area contributed by atoms with Crippen LogP contribution in [0.2, 0.25) is 0 Å². The molecule has 0 bridgehead atoms. The number of hydrogen-bond donors (Lipinski definition) is 1. The van der Waals surface area contributed by atoms with Gasteiger partial charge in [0.15, 0.2) is 0 Å². The van der Waals surface area contributed by atoms with Crippen LogP contribution < -0.4 is 10.2 Å². The van der Waals surface area contributed by atoms with E-state index in [0.717, 1.165) is 43.6 Å². The van der Waals surface area contributed by atoms with Crippen molar-refractivity contribution in [1.82, 2.24) is 9.97 Å². The van der Waals surface area contributed by atoms with Crippen LogP contribution in [0.3, 0.4) is 0 Å². The molecule has 1 fully saturated rings. The van der Waals surface area contributed by atoms with Gasteiger partial charge >= 0.3 is 0 Å². The predicted octanol–water partition coefficient (Wildman–Crippen LogP) is 2.24. The van der Waals surface area contributed by atoms with Crippen LogP contribution in [-0.2, 0) is 4.74 Å². The first-order valence-corrected chi connectivity index (χ1v) is 7.20. The lowest BCUT2D eigenvalue weighted by molar-refractivity contribution is 0.122. The van der Waals surface area contributed by atoms with Crippen LogP contribution in [0.1, 0.15) is 11.4 Å². The van der Waals surface area contributed by atoms with E-state index in [9.17, 15) is 0 Å². The first kappa shape index (κ1) is 14.3. The average Bonchev–Trinajstić information content (AvgIpc) is 2.55. The quantitative estimate of drug-likeness (QED) is 0.936. The van der Waals surface area contributed by atoms with Gasteiger partial charge in [-0.1, -0.05) is 6.07 Å². The number of nitriles is 1. The summed E-state index contributed by atoms with van der Waals surface area (Å²) in [6.45, 7) is 4.98. The van der Waals surface area contributed by atoms with E-state index in [-0.39, 0.29) is 0 Å². The van der Waals surface area contributed by atoms with Crippen molar-refractivity contribution in [3.05, 3.63) is 41.7 Å². The highest BCUT2D eigenvalue weighted by atomic mass is 16.5. The normalized spacial score (nSPS) is 14.5. The fourth-order valence-corrected chi connectivity index (χ4v) is 2.38. The summed E-state index contributed by atoms with van der Waals surface area (Å²) in [6, 6.07) is 11.4. The van der Waals surface area contributed by atoms with Gasteiger partial charge in [-0.05, 0) is 25.1 Å². The maximum absolute atomic E-state index is 8.96. The summed E-state index contributed by atoms with van der Waals surface area (Å²) in [5, 5.41) is 12.2. The van der Waals surface area contributed by atoms with Crippen molar-refractivity contribution in [2.24, 2.45) is 0 Å². The fourth-order valence-electron chi connectivity index (χ4n) is 2.38. The van der Waals surface area contributed by atoms with E-state index in [4.69, 9.17) is 10.00 Å². The van der Waals surface area contributed by atoms with E-state index in [1.165, 1.54) is 0 Å². The van der Waals surface area contributed by atoms with E-state index in [1.807, 2.05) is 25.1 Å². The zero-order valence-corrected chi connectivity index (χ0v) is 12.4. The summed E-state index contributed by atoms with van der Waals surface area (Å²) in [5.74, 6) is 2.33. The maximum atomic E-state index is 8.96. The molecule has 0 amide bonds. The lowest BCUT2D eigenvalue weighted by atomic mass is 10.2. The molecule has 1 saturated heterocycles. The number of benzene rings is 1.